The monoisotopic (exact) mass is 459 g/mol. The predicted molar refractivity (Wildman–Crippen MR) is 126 cm³/mol. The maximum atomic E-state index is 12.8. The fraction of sp³-hybridized carbons (Fsp3) is 0.318. The summed E-state index contributed by atoms with van der Waals surface area (Å²) in [5.74, 6) is 1.38. The van der Waals surface area contributed by atoms with Gasteiger partial charge in [-0.05, 0) is 37.1 Å². The van der Waals surface area contributed by atoms with E-state index in [1.165, 1.54) is 23.1 Å². The van der Waals surface area contributed by atoms with E-state index >= 15 is 0 Å². The van der Waals surface area contributed by atoms with Gasteiger partial charge in [-0.3, -0.25) is 14.2 Å². The third-order valence-corrected chi connectivity index (χ3v) is 6.49. The summed E-state index contributed by atoms with van der Waals surface area (Å²) < 4.78 is 12.1. The SMILES string of the molecule is C=CCn1c(SCC(=O)NCCc2ccc(OC)c(OC)c2)nc2sc(C)cc2c1=O. The zero-order valence-corrected chi connectivity index (χ0v) is 19.4. The molecule has 164 valence electrons. The van der Waals surface area contributed by atoms with Gasteiger partial charge in [-0.15, -0.1) is 17.9 Å². The van der Waals surface area contributed by atoms with Crippen LogP contribution in [0.1, 0.15) is 10.4 Å². The third kappa shape index (κ3) is 5.48. The number of aromatic nitrogens is 2. The van der Waals surface area contributed by atoms with Gasteiger partial charge in [-0.25, -0.2) is 4.98 Å². The third-order valence-electron chi connectivity index (χ3n) is 4.57. The maximum absolute atomic E-state index is 12.8. The first kappa shape index (κ1) is 22.9. The number of thioether (sulfide) groups is 1. The van der Waals surface area contributed by atoms with Gasteiger partial charge in [0.1, 0.15) is 4.83 Å². The van der Waals surface area contributed by atoms with E-state index in [4.69, 9.17) is 9.47 Å². The predicted octanol–water partition coefficient (Wildman–Crippen LogP) is 3.42. The van der Waals surface area contributed by atoms with Gasteiger partial charge in [0.15, 0.2) is 16.7 Å². The minimum atomic E-state index is -0.118. The van der Waals surface area contributed by atoms with Crippen LogP contribution in [0.2, 0.25) is 0 Å². The Morgan fingerprint density at radius 2 is 2.06 bits per heavy atom. The van der Waals surface area contributed by atoms with Crippen LogP contribution in [0.4, 0.5) is 0 Å². The van der Waals surface area contributed by atoms with Gasteiger partial charge in [0, 0.05) is 18.0 Å². The number of carbonyl (C=O) groups is 1. The second-order valence-corrected chi connectivity index (χ2v) is 8.93. The highest BCUT2D eigenvalue weighted by Crippen LogP contribution is 2.27. The van der Waals surface area contributed by atoms with Crippen molar-refractivity contribution in [1.82, 2.24) is 14.9 Å². The molecule has 2 heterocycles. The number of methoxy groups -OCH3 is 2. The Balaban J connectivity index is 1.60. The smallest absolute Gasteiger partial charge is 0.263 e. The van der Waals surface area contributed by atoms with Crippen molar-refractivity contribution in [1.29, 1.82) is 0 Å². The lowest BCUT2D eigenvalue weighted by molar-refractivity contribution is -0.118. The molecule has 0 atom stereocenters. The molecule has 31 heavy (non-hydrogen) atoms. The molecule has 2 aromatic heterocycles. The van der Waals surface area contributed by atoms with Crippen LogP contribution in [0.15, 0.2) is 46.9 Å². The normalized spacial score (nSPS) is 10.8. The summed E-state index contributed by atoms with van der Waals surface area (Å²) >= 11 is 2.73. The van der Waals surface area contributed by atoms with E-state index in [-0.39, 0.29) is 17.2 Å². The van der Waals surface area contributed by atoms with E-state index in [9.17, 15) is 9.59 Å². The Morgan fingerprint density at radius 3 is 2.77 bits per heavy atom. The molecular weight excluding hydrogens is 434 g/mol. The van der Waals surface area contributed by atoms with Gasteiger partial charge in [-0.2, -0.15) is 0 Å². The first-order valence-corrected chi connectivity index (χ1v) is 11.5. The average Bonchev–Trinajstić information content (AvgIpc) is 3.15. The summed E-state index contributed by atoms with van der Waals surface area (Å²) in [7, 11) is 3.19. The van der Waals surface area contributed by atoms with E-state index < -0.39 is 0 Å². The molecular formula is C22H25N3O4S2. The largest absolute Gasteiger partial charge is 0.493 e. The molecule has 1 amide bonds. The topological polar surface area (TPSA) is 82.5 Å². The first-order valence-electron chi connectivity index (χ1n) is 9.69. The number of nitrogens with one attached hydrogen (secondary N) is 1. The lowest BCUT2D eigenvalue weighted by Crippen LogP contribution is -2.28. The van der Waals surface area contributed by atoms with Crippen molar-refractivity contribution in [3.8, 4) is 11.5 Å². The van der Waals surface area contributed by atoms with Crippen LogP contribution < -0.4 is 20.3 Å². The highest BCUT2D eigenvalue weighted by Gasteiger charge is 2.14. The van der Waals surface area contributed by atoms with Crippen molar-refractivity contribution < 1.29 is 14.3 Å². The van der Waals surface area contributed by atoms with E-state index in [0.29, 0.717) is 46.4 Å². The van der Waals surface area contributed by atoms with Crippen molar-refractivity contribution in [2.45, 2.75) is 25.0 Å². The summed E-state index contributed by atoms with van der Waals surface area (Å²) in [4.78, 5) is 31.4. The van der Waals surface area contributed by atoms with Crippen LogP contribution in [0.25, 0.3) is 10.2 Å². The van der Waals surface area contributed by atoms with Gasteiger partial charge < -0.3 is 14.8 Å². The Hall–Kier alpha value is -2.78. The molecule has 0 spiro atoms. The van der Waals surface area contributed by atoms with Gasteiger partial charge >= 0.3 is 0 Å². The number of thiophene rings is 1. The number of carbonyl (C=O) groups excluding carboxylic acids is 1. The minimum absolute atomic E-state index is 0.106. The number of benzene rings is 1. The highest BCUT2D eigenvalue weighted by molar-refractivity contribution is 7.99. The van der Waals surface area contributed by atoms with Crippen LogP contribution in [0, 0.1) is 6.92 Å². The van der Waals surface area contributed by atoms with E-state index in [2.05, 4.69) is 16.9 Å². The van der Waals surface area contributed by atoms with Gasteiger partial charge in [0.25, 0.3) is 5.56 Å². The summed E-state index contributed by atoms with van der Waals surface area (Å²) in [6.45, 7) is 6.51. The molecule has 0 fully saturated rings. The number of hydrogen-bond donors (Lipinski definition) is 1. The standard InChI is InChI=1S/C22H25N3O4S2/c1-5-10-25-21(27)16-11-14(2)31-20(16)24-22(25)30-13-19(26)23-9-8-15-6-7-17(28-3)18(12-15)29-4/h5-7,11-12H,1,8-10,13H2,2-4H3,(H,23,26). The number of aryl methyl sites for hydroxylation is 1. The Labute approximate surface area is 189 Å². The molecule has 1 aromatic carbocycles. The Morgan fingerprint density at radius 1 is 1.29 bits per heavy atom. The van der Waals surface area contributed by atoms with Gasteiger partial charge in [-0.1, -0.05) is 23.9 Å². The summed E-state index contributed by atoms with van der Waals surface area (Å²) in [6.07, 6.45) is 2.32. The van der Waals surface area contributed by atoms with E-state index in [1.807, 2.05) is 31.2 Å². The van der Waals surface area contributed by atoms with Crippen molar-refractivity contribution in [2.75, 3.05) is 26.5 Å². The first-order chi connectivity index (χ1) is 15.0. The molecule has 0 aliphatic rings. The van der Waals surface area contributed by atoms with Crippen LogP contribution in [-0.2, 0) is 17.8 Å². The van der Waals surface area contributed by atoms with Crippen molar-refractivity contribution in [2.24, 2.45) is 0 Å². The molecule has 3 aromatic rings. The average molecular weight is 460 g/mol. The van der Waals surface area contributed by atoms with Crippen LogP contribution >= 0.6 is 23.1 Å². The Kier molecular flexibility index (Phi) is 7.75. The van der Waals surface area contributed by atoms with Crippen molar-refractivity contribution in [3.05, 3.63) is 57.7 Å². The number of fused-ring (bicyclic) bond motifs is 1. The van der Waals surface area contributed by atoms with Crippen molar-refractivity contribution >= 4 is 39.2 Å². The minimum Gasteiger partial charge on any atom is -0.493 e. The lowest BCUT2D eigenvalue weighted by Gasteiger charge is -2.11. The van der Waals surface area contributed by atoms with Crippen molar-refractivity contribution in [3.63, 3.8) is 0 Å². The molecule has 0 saturated carbocycles. The highest BCUT2D eigenvalue weighted by atomic mass is 32.2. The molecule has 1 N–H and O–H groups in total. The number of nitrogens with zero attached hydrogens (tertiary/aromatic N) is 2. The van der Waals surface area contributed by atoms with Gasteiger partial charge in [0.2, 0.25) is 5.91 Å². The number of ether oxygens (including phenoxy) is 2. The fourth-order valence-electron chi connectivity index (χ4n) is 3.08. The summed E-state index contributed by atoms with van der Waals surface area (Å²) in [5.41, 5.74) is 0.927. The second kappa shape index (κ2) is 10.5. The number of amides is 1. The van der Waals surface area contributed by atoms with Crippen LogP contribution in [0.3, 0.4) is 0 Å². The molecule has 0 unspecified atom stereocenters. The molecule has 0 aliphatic heterocycles. The van der Waals surface area contributed by atoms with E-state index in [1.54, 1.807) is 24.9 Å². The van der Waals surface area contributed by atoms with Crippen LogP contribution in [-0.4, -0.2) is 42.0 Å². The number of rotatable bonds is 10. The quantitative estimate of drug-likeness (QED) is 0.284. The summed E-state index contributed by atoms with van der Waals surface area (Å²) in [5, 5.41) is 4.04. The second-order valence-electron chi connectivity index (χ2n) is 6.75. The molecule has 0 bridgehead atoms. The lowest BCUT2D eigenvalue weighted by atomic mass is 10.1. The molecule has 3 rings (SSSR count). The van der Waals surface area contributed by atoms with E-state index in [0.717, 1.165) is 10.4 Å². The van der Waals surface area contributed by atoms with Gasteiger partial charge in [0.05, 0.1) is 25.4 Å². The fourth-order valence-corrected chi connectivity index (χ4v) is 4.84. The maximum Gasteiger partial charge on any atom is 0.263 e. The van der Waals surface area contributed by atoms with Crippen LogP contribution in [0.5, 0.6) is 11.5 Å². The molecule has 0 aliphatic carbocycles. The number of allylic oxidation sites excluding steroid dienone is 1. The number of hydrogen-bond acceptors (Lipinski definition) is 7. The summed E-state index contributed by atoms with van der Waals surface area (Å²) in [6, 6.07) is 7.54. The Bertz CT molecular complexity index is 1150. The molecule has 0 saturated heterocycles. The molecule has 7 nitrogen and oxygen atoms in total. The zero-order valence-electron chi connectivity index (χ0n) is 17.8. The zero-order chi connectivity index (χ0) is 22.4. The molecule has 0 radical (unpaired) electrons. The molecule has 9 heteroatoms.